The quantitative estimate of drug-likeness (QED) is 0.758. The Morgan fingerprint density at radius 1 is 1.41 bits per heavy atom. The van der Waals surface area contributed by atoms with E-state index in [1.807, 2.05) is 20.9 Å². The van der Waals surface area contributed by atoms with Gasteiger partial charge in [-0.3, -0.25) is 9.48 Å². The lowest BCUT2D eigenvalue weighted by Gasteiger charge is -2.03. The Bertz CT molecular complexity index is 644. The molecule has 17 heavy (non-hydrogen) atoms. The first-order valence-electron chi connectivity index (χ1n) is 4.91. The topological polar surface area (TPSA) is 83.8 Å². The molecule has 0 fully saturated rings. The minimum absolute atomic E-state index is 0.186. The summed E-state index contributed by atoms with van der Waals surface area (Å²) in [7, 11) is 1.82. The van der Waals surface area contributed by atoms with E-state index in [0.29, 0.717) is 5.82 Å². The summed E-state index contributed by atoms with van der Waals surface area (Å²) in [4.78, 5) is 18.2. The van der Waals surface area contributed by atoms with Crippen LogP contribution >= 0.6 is 22.6 Å². The monoisotopic (exact) mass is 346 g/mol. The highest BCUT2D eigenvalue weighted by molar-refractivity contribution is 14.1. The smallest absolute Gasteiger partial charge is 0.268 e. The number of hydrogen-bond donors (Lipinski definition) is 2. The van der Waals surface area contributed by atoms with Gasteiger partial charge in [0.05, 0.1) is 11.3 Å². The Morgan fingerprint density at radius 2 is 2.06 bits per heavy atom. The molecule has 0 aliphatic heterocycles. The number of hydrogen-bond acceptors (Lipinski definition) is 4. The van der Waals surface area contributed by atoms with E-state index in [1.54, 1.807) is 27.3 Å². The summed E-state index contributed by atoms with van der Waals surface area (Å²) in [5.41, 5.74) is 2.03. The van der Waals surface area contributed by atoms with Crippen LogP contribution in [0.5, 0.6) is 5.88 Å². The lowest BCUT2D eigenvalue weighted by molar-refractivity contribution is 0.447. The number of nitrogens with one attached hydrogen (secondary N) is 1. The number of aromatic amines is 1. The highest BCUT2D eigenvalue weighted by atomic mass is 127. The van der Waals surface area contributed by atoms with Crippen LogP contribution in [0, 0.1) is 17.4 Å². The van der Waals surface area contributed by atoms with Crippen LogP contribution in [-0.4, -0.2) is 24.9 Å². The fraction of sp³-hybridized carbons (Fsp3) is 0.300. The number of aromatic nitrogens is 4. The standard InChI is InChI=1S/C10H11IN4O2/c1-4-6(5(2)15(3)14-4)8-12-9(16)7(11)10(17)13-8/h1-3H3,(H2,12,13,16,17). The molecule has 0 aliphatic carbocycles. The maximum absolute atomic E-state index is 11.6. The summed E-state index contributed by atoms with van der Waals surface area (Å²) in [5, 5.41) is 13.8. The van der Waals surface area contributed by atoms with E-state index in [9.17, 15) is 9.90 Å². The van der Waals surface area contributed by atoms with Gasteiger partial charge >= 0.3 is 0 Å². The zero-order valence-corrected chi connectivity index (χ0v) is 11.7. The summed E-state index contributed by atoms with van der Waals surface area (Å²) < 4.78 is 1.89. The molecule has 0 radical (unpaired) electrons. The molecule has 2 aromatic rings. The molecule has 0 saturated heterocycles. The first-order valence-corrected chi connectivity index (χ1v) is 5.99. The third kappa shape index (κ3) is 1.94. The van der Waals surface area contributed by atoms with E-state index in [4.69, 9.17) is 0 Å². The number of halogens is 1. The van der Waals surface area contributed by atoms with Crippen molar-refractivity contribution in [2.45, 2.75) is 13.8 Å². The van der Waals surface area contributed by atoms with Crippen molar-refractivity contribution >= 4 is 22.6 Å². The molecule has 0 amide bonds. The van der Waals surface area contributed by atoms with Gasteiger partial charge in [0.2, 0.25) is 5.88 Å². The second-order valence-electron chi connectivity index (χ2n) is 3.72. The molecular formula is C10H11IN4O2. The molecular weight excluding hydrogens is 335 g/mol. The molecule has 2 rings (SSSR count). The average Bonchev–Trinajstić information content (AvgIpc) is 2.49. The summed E-state index contributed by atoms with van der Waals surface area (Å²) in [6.45, 7) is 3.71. The third-order valence-corrected chi connectivity index (χ3v) is 3.56. The Hall–Kier alpha value is -1.38. The van der Waals surface area contributed by atoms with E-state index >= 15 is 0 Å². The molecule has 0 aromatic carbocycles. The summed E-state index contributed by atoms with van der Waals surface area (Å²) in [6.07, 6.45) is 0. The van der Waals surface area contributed by atoms with Crippen molar-refractivity contribution in [3.05, 3.63) is 25.3 Å². The normalized spacial score (nSPS) is 10.8. The van der Waals surface area contributed by atoms with Crippen LogP contribution < -0.4 is 5.56 Å². The predicted octanol–water partition coefficient (Wildman–Crippen LogP) is 1.10. The molecule has 0 atom stereocenters. The third-order valence-electron chi connectivity index (χ3n) is 2.59. The molecule has 0 unspecified atom stereocenters. The van der Waals surface area contributed by atoms with Crippen molar-refractivity contribution in [3.8, 4) is 17.3 Å². The Morgan fingerprint density at radius 3 is 2.53 bits per heavy atom. The van der Waals surface area contributed by atoms with Gasteiger partial charge < -0.3 is 10.1 Å². The van der Waals surface area contributed by atoms with Gasteiger partial charge in [0.1, 0.15) is 9.39 Å². The maximum Gasteiger partial charge on any atom is 0.268 e. The highest BCUT2D eigenvalue weighted by Crippen LogP contribution is 2.24. The van der Waals surface area contributed by atoms with Crippen molar-refractivity contribution in [2.24, 2.45) is 7.05 Å². The SMILES string of the molecule is Cc1nn(C)c(C)c1-c1nc(O)c(I)c(=O)[nH]1. The zero-order valence-electron chi connectivity index (χ0n) is 9.58. The van der Waals surface area contributed by atoms with Crippen LogP contribution in [0.1, 0.15) is 11.4 Å². The zero-order chi connectivity index (χ0) is 12.7. The molecule has 2 heterocycles. The number of nitrogens with zero attached hydrogens (tertiary/aromatic N) is 3. The lowest BCUT2D eigenvalue weighted by atomic mass is 10.2. The molecule has 2 N–H and O–H groups in total. The molecule has 0 spiro atoms. The van der Waals surface area contributed by atoms with Gasteiger partial charge in [0.25, 0.3) is 5.56 Å². The minimum Gasteiger partial charge on any atom is -0.492 e. The summed E-state index contributed by atoms with van der Waals surface area (Å²) >= 11 is 1.75. The van der Waals surface area contributed by atoms with Crippen molar-refractivity contribution in [2.75, 3.05) is 0 Å². The minimum atomic E-state index is -0.351. The Balaban J connectivity index is 2.73. The van der Waals surface area contributed by atoms with Gasteiger partial charge in [-0.1, -0.05) is 0 Å². The Labute approximate surface area is 111 Å². The molecule has 7 heteroatoms. The van der Waals surface area contributed by atoms with Gasteiger partial charge in [0.15, 0.2) is 0 Å². The predicted molar refractivity (Wildman–Crippen MR) is 70.9 cm³/mol. The van der Waals surface area contributed by atoms with E-state index < -0.39 is 0 Å². The average molecular weight is 346 g/mol. The van der Waals surface area contributed by atoms with E-state index in [0.717, 1.165) is 17.0 Å². The van der Waals surface area contributed by atoms with Gasteiger partial charge in [-0.15, -0.1) is 0 Å². The van der Waals surface area contributed by atoms with E-state index in [-0.39, 0.29) is 15.0 Å². The van der Waals surface area contributed by atoms with Crippen LogP contribution in [0.2, 0.25) is 0 Å². The largest absolute Gasteiger partial charge is 0.492 e. The van der Waals surface area contributed by atoms with Gasteiger partial charge in [-0.05, 0) is 36.4 Å². The van der Waals surface area contributed by atoms with Crippen LogP contribution in [0.4, 0.5) is 0 Å². The second-order valence-corrected chi connectivity index (χ2v) is 4.80. The summed E-state index contributed by atoms with van der Waals surface area (Å²) in [5.74, 6) is 0.0861. The van der Waals surface area contributed by atoms with Gasteiger partial charge in [0, 0.05) is 12.7 Å². The molecule has 6 nitrogen and oxygen atoms in total. The molecule has 0 aliphatic rings. The van der Waals surface area contributed by atoms with Gasteiger partial charge in [-0.25, -0.2) is 0 Å². The maximum atomic E-state index is 11.6. The number of H-pyrrole nitrogens is 1. The van der Waals surface area contributed by atoms with Crippen LogP contribution in [0.3, 0.4) is 0 Å². The number of rotatable bonds is 1. The molecule has 90 valence electrons. The first kappa shape index (κ1) is 12.1. The van der Waals surface area contributed by atoms with Crippen molar-refractivity contribution < 1.29 is 5.11 Å². The van der Waals surface area contributed by atoms with Crippen molar-refractivity contribution in [3.63, 3.8) is 0 Å². The Kier molecular flexibility index (Phi) is 2.94. The van der Waals surface area contributed by atoms with E-state index in [1.165, 1.54) is 0 Å². The highest BCUT2D eigenvalue weighted by Gasteiger charge is 2.16. The molecule has 0 saturated carbocycles. The number of aryl methyl sites for hydroxylation is 2. The van der Waals surface area contributed by atoms with Crippen LogP contribution in [0.25, 0.3) is 11.4 Å². The fourth-order valence-electron chi connectivity index (χ4n) is 1.68. The summed E-state index contributed by atoms with van der Waals surface area (Å²) in [6, 6.07) is 0. The lowest BCUT2D eigenvalue weighted by Crippen LogP contribution is -2.12. The first-order chi connectivity index (χ1) is 7.91. The number of aromatic hydroxyl groups is 1. The van der Waals surface area contributed by atoms with Crippen LogP contribution in [-0.2, 0) is 7.05 Å². The van der Waals surface area contributed by atoms with Crippen molar-refractivity contribution in [1.29, 1.82) is 0 Å². The van der Waals surface area contributed by atoms with Crippen molar-refractivity contribution in [1.82, 2.24) is 19.7 Å². The molecule has 0 bridgehead atoms. The second kappa shape index (κ2) is 4.13. The van der Waals surface area contributed by atoms with Gasteiger partial charge in [-0.2, -0.15) is 10.1 Å². The van der Waals surface area contributed by atoms with Crippen LogP contribution in [0.15, 0.2) is 4.79 Å². The molecule has 2 aromatic heterocycles. The fourth-order valence-corrected chi connectivity index (χ4v) is 1.94. The van der Waals surface area contributed by atoms with E-state index in [2.05, 4.69) is 15.1 Å².